The average Bonchev–Trinajstić information content (AvgIpc) is 0.876. The van der Waals surface area contributed by atoms with Crippen LogP contribution in [0.1, 0.15) is 134 Å². The molecule has 102 heavy (non-hydrogen) atoms. The molecule has 1 fully saturated rings. The number of hydrogen-bond acceptors (Lipinski definition) is 20. The van der Waals surface area contributed by atoms with E-state index in [-0.39, 0.29) is 76.9 Å². The Hall–Kier alpha value is -11.4. The lowest BCUT2D eigenvalue weighted by atomic mass is 9.97. The van der Waals surface area contributed by atoms with Crippen LogP contribution >= 0.6 is 0 Å². The lowest BCUT2D eigenvalue weighted by Gasteiger charge is -2.15. The second kappa shape index (κ2) is 36.1. The molecule has 2 atom stereocenters. The van der Waals surface area contributed by atoms with E-state index in [1.165, 1.54) is 38.5 Å². The molecule has 28 heteroatoms. The number of carbonyl (C=O) groups is 8. The number of nitro groups is 2. The Balaban J connectivity index is 0.000000247. The number of aryl methyl sites for hydroxylation is 6. The van der Waals surface area contributed by atoms with Crippen LogP contribution in [0.15, 0.2) is 97.1 Å². The van der Waals surface area contributed by atoms with Crippen LogP contribution in [-0.4, -0.2) is 113 Å². The van der Waals surface area contributed by atoms with Crippen molar-refractivity contribution in [3.05, 3.63) is 151 Å². The van der Waals surface area contributed by atoms with E-state index >= 15 is 0 Å². The fourth-order valence-electron chi connectivity index (χ4n) is 12.0. The van der Waals surface area contributed by atoms with Crippen molar-refractivity contribution in [2.24, 2.45) is 31.7 Å². The van der Waals surface area contributed by atoms with Crippen molar-refractivity contribution in [2.45, 2.75) is 119 Å². The highest BCUT2D eigenvalue weighted by Crippen LogP contribution is 2.37. The van der Waals surface area contributed by atoms with Crippen LogP contribution in [0.5, 0.6) is 34.5 Å². The van der Waals surface area contributed by atoms with Gasteiger partial charge in [0.05, 0.1) is 68.6 Å². The van der Waals surface area contributed by atoms with Crippen LogP contribution in [0, 0.1) is 59.8 Å². The summed E-state index contributed by atoms with van der Waals surface area (Å²) in [5, 5.41) is 45.9. The molecule has 6 aromatic carbocycles. The number of hydrogen-bond donors (Lipinski definition) is 4. The van der Waals surface area contributed by atoms with Crippen LogP contribution in [-0.2, 0) is 47.7 Å². The van der Waals surface area contributed by atoms with Gasteiger partial charge in [-0.05, 0) is 144 Å². The predicted molar refractivity (Wildman–Crippen MR) is 373 cm³/mol. The molecule has 9 rings (SSSR count). The number of benzene rings is 6. The molecule has 1 aliphatic heterocycles. The largest absolute Gasteiger partial charge is 0.497 e. The molecule has 0 bridgehead atoms. The summed E-state index contributed by atoms with van der Waals surface area (Å²) in [6, 6.07) is 26.0. The van der Waals surface area contributed by atoms with Crippen LogP contribution in [0.3, 0.4) is 0 Å². The summed E-state index contributed by atoms with van der Waals surface area (Å²) in [5.74, 6) is -3.88. The minimum atomic E-state index is -0.957. The maximum Gasteiger partial charge on any atom is 0.370 e. The molecule has 2 unspecified atom stereocenters. The summed E-state index contributed by atoms with van der Waals surface area (Å²) < 4.78 is 37.9. The highest BCUT2D eigenvalue weighted by molar-refractivity contribution is 6.15. The number of carbonyl (C=O) groups excluding carboxylic acids is 6. The quantitative estimate of drug-likeness (QED) is 0.00475. The number of aromatic nitrogens is 2. The zero-order valence-corrected chi connectivity index (χ0v) is 58.7. The number of nitrogens with one attached hydrogen (secondary N) is 1. The molecule has 540 valence electrons. The molecule has 8 aromatic rings. The van der Waals surface area contributed by atoms with Gasteiger partial charge in [0.15, 0.2) is 13.2 Å². The number of non-ortho nitro benzene ring substituents is 2. The Kier molecular flexibility index (Phi) is 27.6. The number of carboxylic acids is 2. The first kappa shape index (κ1) is 77.9. The number of fused-ring (bicyclic) bond motifs is 4. The Bertz CT molecular complexity index is 4470. The molecule has 0 saturated carbocycles. The Morgan fingerprint density at radius 2 is 0.912 bits per heavy atom. The van der Waals surface area contributed by atoms with E-state index in [9.17, 15) is 63.7 Å². The second-order valence-corrected chi connectivity index (χ2v) is 24.5. The van der Waals surface area contributed by atoms with Gasteiger partial charge in [-0.25, -0.2) is 14.4 Å². The summed E-state index contributed by atoms with van der Waals surface area (Å²) in [7, 11) is 6.71. The molecular weight excluding hydrogens is 1320 g/mol. The number of nitrogens with zero attached hydrogens (tertiary/aromatic N) is 5. The molecule has 1 saturated heterocycles. The third-order valence-corrected chi connectivity index (χ3v) is 17.2. The van der Waals surface area contributed by atoms with Crippen molar-refractivity contribution in [1.82, 2.24) is 10.4 Å². The first-order valence-electron chi connectivity index (χ1n) is 33.2. The lowest BCUT2D eigenvalue weighted by molar-refractivity contribution is -0.617. The van der Waals surface area contributed by atoms with Gasteiger partial charge in [-0.3, -0.25) is 44.2 Å². The average molecular weight is 1410 g/mol. The van der Waals surface area contributed by atoms with Crippen molar-refractivity contribution in [3.63, 3.8) is 0 Å². The molecule has 2 aromatic heterocycles. The SMILES string of the molecule is CCCC(CCCCN)C(=O)O.CCCC(CCCCNC(=O)COc1ccc2c(c1)c(C(=O)Oc1c(C)cc([N+](=O)[O-])cc1C)c1cc(OC)ccc1[n+]2C)C(=O)O.COc1ccc2c(c1)c(C(=O)Oc1c(C)cc([N+](=O)[O-])cc1C)c1cc(OCC(=O)ON3C(=O)CCC3=O)ccc1[n+]2C. The van der Waals surface area contributed by atoms with E-state index in [1.807, 2.05) is 43.1 Å². The topological polar surface area (TPSA) is 377 Å². The number of nitrogens with two attached hydrogens (primary N) is 1. The van der Waals surface area contributed by atoms with E-state index in [1.54, 1.807) is 94.4 Å². The zero-order valence-electron chi connectivity index (χ0n) is 58.7. The maximum atomic E-state index is 14.0. The van der Waals surface area contributed by atoms with Gasteiger partial charge in [-0.2, -0.15) is 9.13 Å². The normalized spacial score (nSPS) is 12.4. The highest BCUT2D eigenvalue weighted by atomic mass is 16.7. The fraction of sp³-hybridized carbons (Fsp3) is 0.378. The van der Waals surface area contributed by atoms with Crippen molar-refractivity contribution >= 4 is 103 Å². The standard InChI is InChI=1S/C35H39N3O9.C30H26N3O10.C9H19NO2/c1-6-9-23(34(40)41)10-7-8-15-36-31(39)20-46-26-12-14-30-28(19-26)32(27-18-25(45-5)11-13-29(27)37(30)4)35(42)47-33-21(2)16-24(38(43)44)17-22(33)3;1-16-11-18(33(38)39)12-17(2)29(16)42-30(37)28-21-13-19(40-4)5-7-23(21)31(3)24-8-6-20(14-22(24)28)41-15-27(36)43-32-25(34)9-10-26(32)35;1-2-5-8(9(11)12)6-3-4-7-10/h11-14,16-19,23H,6-10,15,20H2,1-5H3,(H-,36,39,40,41);5-8,11-14H,9-10,15H2,1-4H3;8H,2-7,10H2,1H3,(H,11,12)/q;+1;/p+1. The third-order valence-electron chi connectivity index (χ3n) is 17.2. The first-order chi connectivity index (χ1) is 48.6. The Labute approximate surface area is 587 Å². The van der Waals surface area contributed by atoms with Crippen molar-refractivity contribution < 1.29 is 101 Å². The summed E-state index contributed by atoms with van der Waals surface area (Å²) in [5.41, 5.74) is 9.95. The van der Waals surface area contributed by atoms with Gasteiger partial charge >= 0.3 is 29.8 Å². The molecule has 1 aliphatic rings. The Morgan fingerprint density at radius 1 is 0.549 bits per heavy atom. The third kappa shape index (κ3) is 19.5. The van der Waals surface area contributed by atoms with Gasteiger partial charge in [0.1, 0.15) is 48.6 Å². The number of unbranched alkanes of at least 4 members (excludes halogenated alkanes) is 2. The number of carboxylic acid groups (broad SMARTS) is 2. The maximum absolute atomic E-state index is 14.0. The van der Waals surface area contributed by atoms with E-state index in [4.69, 9.17) is 44.1 Å². The monoisotopic (exact) mass is 1410 g/mol. The summed E-state index contributed by atoms with van der Waals surface area (Å²) >= 11 is 0. The molecule has 0 aliphatic carbocycles. The molecule has 0 radical (unpaired) electrons. The lowest BCUT2D eigenvalue weighted by Crippen LogP contribution is -2.34. The first-order valence-corrected chi connectivity index (χ1v) is 33.2. The summed E-state index contributed by atoms with van der Waals surface area (Å²) in [6.07, 6.45) is 7.68. The number of aliphatic carboxylic acids is 2. The smallest absolute Gasteiger partial charge is 0.370 e. The van der Waals surface area contributed by atoms with E-state index in [2.05, 4.69) is 5.32 Å². The minimum Gasteiger partial charge on any atom is -0.497 e. The van der Waals surface area contributed by atoms with Gasteiger partial charge in [0, 0.05) is 67.9 Å². The van der Waals surface area contributed by atoms with Crippen LogP contribution in [0.2, 0.25) is 0 Å². The summed E-state index contributed by atoms with van der Waals surface area (Å²) in [6.45, 7) is 10.7. The Morgan fingerprint density at radius 3 is 1.26 bits per heavy atom. The molecule has 0 spiro atoms. The van der Waals surface area contributed by atoms with E-state index in [0.29, 0.717) is 121 Å². The van der Waals surface area contributed by atoms with Gasteiger partial charge in [-0.1, -0.05) is 39.5 Å². The molecule has 28 nitrogen and oxygen atoms in total. The number of nitro benzene ring substituents is 2. The van der Waals surface area contributed by atoms with Gasteiger partial charge in [0.2, 0.25) is 22.1 Å². The van der Waals surface area contributed by atoms with Crippen molar-refractivity contribution in [3.8, 4) is 34.5 Å². The number of hydroxylamine groups is 2. The van der Waals surface area contributed by atoms with Crippen LogP contribution in [0.25, 0.3) is 43.6 Å². The van der Waals surface area contributed by atoms with Crippen molar-refractivity contribution in [2.75, 3.05) is 40.5 Å². The number of amides is 3. The number of esters is 2. The van der Waals surface area contributed by atoms with Gasteiger partial charge in [0.25, 0.3) is 29.1 Å². The molecule has 3 amide bonds. The van der Waals surface area contributed by atoms with E-state index < -0.39 is 58.1 Å². The highest BCUT2D eigenvalue weighted by Gasteiger charge is 2.34. The van der Waals surface area contributed by atoms with Crippen molar-refractivity contribution in [1.29, 1.82) is 0 Å². The second-order valence-electron chi connectivity index (χ2n) is 24.5. The number of methoxy groups -OCH3 is 2. The molecular formula is C74H85N7O21+2. The number of imide groups is 1. The minimum absolute atomic E-state index is 0.0365. The van der Waals surface area contributed by atoms with Crippen LogP contribution < -0.4 is 48.6 Å². The summed E-state index contributed by atoms with van der Waals surface area (Å²) in [4.78, 5) is 125. The van der Waals surface area contributed by atoms with Gasteiger partial charge in [-0.15, -0.1) is 5.06 Å². The fourth-order valence-corrected chi connectivity index (χ4v) is 12.0. The number of rotatable bonds is 30. The van der Waals surface area contributed by atoms with Gasteiger partial charge < -0.3 is 54.5 Å². The predicted octanol–water partition coefficient (Wildman–Crippen LogP) is 10.9. The zero-order chi connectivity index (χ0) is 74.6. The molecule has 3 heterocycles. The van der Waals surface area contributed by atoms with Crippen LogP contribution in [0.4, 0.5) is 11.4 Å². The number of ether oxygens (including phenoxy) is 6. The number of pyridine rings is 2. The molecule has 5 N–H and O–H groups in total. The van der Waals surface area contributed by atoms with E-state index in [0.717, 1.165) is 44.0 Å².